The normalized spacial score (nSPS) is 19.4. The highest BCUT2D eigenvalue weighted by Gasteiger charge is 2.39. The fraction of sp³-hybridized carbons (Fsp3) is 0.571. The second-order valence-corrected chi connectivity index (χ2v) is 5.56. The highest BCUT2D eigenvalue weighted by molar-refractivity contribution is 6.20. The van der Waals surface area contributed by atoms with Gasteiger partial charge in [0.05, 0.1) is 11.0 Å². The molecule has 0 spiro atoms. The number of alkyl halides is 1. The fourth-order valence-corrected chi connectivity index (χ4v) is 2.87. The first-order valence-corrected chi connectivity index (χ1v) is 6.56. The molecule has 0 bridgehead atoms. The highest BCUT2D eigenvalue weighted by atomic mass is 35.5. The summed E-state index contributed by atoms with van der Waals surface area (Å²) in [5.41, 5.74) is 0.553. The minimum atomic E-state index is -0.580. The van der Waals surface area contributed by atoms with Crippen molar-refractivity contribution in [2.45, 2.75) is 43.6 Å². The van der Waals surface area contributed by atoms with Crippen LogP contribution in [0.2, 0.25) is 0 Å². The predicted molar refractivity (Wildman–Crippen MR) is 67.9 cm³/mol. The van der Waals surface area contributed by atoms with Crippen LogP contribution in [0.25, 0.3) is 0 Å². The number of rotatable bonds is 4. The van der Waals surface area contributed by atoms with Crippen LogP contribution < -0.4 is 0 Å². The molecule has 1 aliphatic carbocycles. The molecule has 4 heteroatoms. The van der Waals surface area contributed by atoms with Gasteiger partial charge in [0.25, 0.3) is 0 Å². The number of hydrogen-bond donors (Lipinski definition) is 0. The van der Waals surface area contributed by atoms with E-state index in [2.05, 4.69) is 0 Å². The molecule has 0 aliphatic heterocycles. The maximum atomic E-state index is 13.7. The zero-order chi connectivity index (χ0) is 13.3. The summed E-state index contributed by atoms with van der Waals surface area (Å²) in [6.45, 7) is 1.61. The molecule has 100 valence electrons. The molecule has 1 nitrogen and oxygen atoms in total. The van der Waals surface area contributed by atoms with Gasteiger partial charge >= 0.3 is 0 Å². The summed E-state index contributed by atoms with van der Waals surface area (Å²) in [4.78, 5) is 0. The van der Waals surface area contributed by atoms with Crippen LogP contribution in [0.15, 0.2) is 12.1 Å². The van der Waals surface area contributed by atoms with Crippen LogP contribution in [-0.2, 0) is 4.74 Å². The van der Waals surface area contributed by atoms with E-state index < -0.39 is 17.0 Å². The van der Waals surface area contributed by atoms with Crippen molar-refractivity contribution < 1.29 is 13.5 Å². The molecule has 1 fully saturated rings. The number of benzene rings is 1. The van der Waals surface area contributed by atoms with Crippen molar-refractivity contribution in [3.05, 3.63) is 34.9 Å². The Balaban J connectivity index is 2.18. The van der Waals surface area contributed by atoms with E-state index in [1.165, 1.54) is 6.07 Å². The molecule has 1 aromatic carbocycles. The van der Waals surface area contributed by atoms with Crippen molar-refractivity contribution in [1.82, 2.24) is 0 Å². The van der Waals surface area contributed by atoms with Gasteiger partial charge in [-0.25, -0.2) is 8.78 Å². The lowest BCUT2D eigenvalue weighted by Crippen LogP contribution is -2.40. The molecular weight excluding hydrogens is 258 g/mol. The summed E-state index contributed by atoms with van der Waals surface area (Å²) in [7, 11) is 1.66. The van der Waals surface area contributed by atoms with Gasteiger partial charge < -0.3 is 4.74 Å². The molecule has 1 unspecified atom stereocenters. The van der Waals surface area contributed by atoms with E-state index in [9.17, 15) is 8.78 Å². The minimum absolute atomic E-state index is 0.221. The zero-order valence-electron chi connectivity index (χ0n) is 10.6. The Hall–Kier alpha value is -0.670. The molecule has 0 N–H and O–H groups in total. The predicted octanol–water partition coefficient (Wildman–Crippen LogP) is 4.51. The first kappa shape index (κ1) is 13.8. The maximum absolute atomic E-state index is 13.7. The summed E-state index contributed by atoms with van der Waals surface area (Å²) in [6.07, 6.45) is 3.58. The quantitative estimate of drug-likeness (QED) is 0.734. The van der Waals surface area contributed by atoms with Gasteiger partial charge in [-0.05, 0) is 44.2 Å². The van der Waals surface area contributed by atoms with Crippen LogP contribution in [0, 0.1) is 18.6 Å². The minimum Gasteiger partial charge on any atom is -0.378 e. The second-order valence-electron chi connectivity index (χ2n) is 5.04. The molecular formula is C14H17ClF2O. The largest absolute Gasteiger partial charge is 0.378 e. The van der Waals surface area contributed by atoms with Gasteiger partial charge in [0, 0.05) is 18.7 Å². The average molecular weight is 275 g/mol. The van der Waals surface area contributed by atoms with E-state index in [1.807, 2.05) is 0 Å². The molecule has 2 rings (SSSR count). The molecule has 1 atom stereocenters. The van der Waals surface area contributed by atoms with Crippen molar-refractivity contribution in [1.29, 1.82) is 0 Å². The monoisotopic (exact) mass is 274 g/mol. The molecule has 0 amide bonds. The molecule has 18 heavy (non-hydrogen) atoms. The van der Waals surface area contributed by atoms with Gasteiger partial charge in [-0.1, -0.05) is 0 Å². The van der Waals surface area contributed by atoms with Crippen molar-refractivity contribution in [2.75, 3.05) is 7.11 Å². The van der Waals surface area contributed by atoms with Crippen molar-refractivity contribution in [3.63, 3.8) is 0 Å². The highest BCUT2D eigenvalue weighted by Crippen LogP contribution is 2.44. The van der Waals surface area contributed by atoms with E-state index in [4.69, 9.17) is 16.3 Å². The van der Waals surface area contributed by atoms with E-state index >= 15 is 0 Å². The third-order valence-electron chi connectivity index (χ3n) is 3.86. The lowest BCUT2D eigenvalue weighted by atomic mass is 9.76. The average Bonchev–Trinajstić information content (AvgIpc) is 2.28. The standard InChI is InChI=1S/C14H17ClF2O/c1-9-6-10(13(17)7-12(9)16)11(15)8-14(18-2)4-3-5-14/h6-7,11H,3-5,8H2,1-2H3. The van der Waals surface area contributed by atoms with Crippen LogP contribution in [0.4, 0.5) is 8.78 Å². The van der Waals surface area contributed by atoms with Gasteiger partial charge in [-0.3, -0.25) is 0 Å². The molecule has 0 aromatic heterocycles. The number of halogens is 3. The Bertz CT molecular complexity index is 438. The summed E-state index contributed by atoms with van der Waals surface area (Å²) >= 11 is 6.27. The zero-order valence-corrected chi connectivity index (χ0v) is 11.4. The van der Waals surface area contributed by atoms with Crippen LogP contribution in [0.1, 0.15) is 42.2 Å². The molecule has 0 heterocycles. The Morgan fingerprint density at radius 2 is 2.00 bits per heavy atom. The Morgan fingerprint density at radius 1 is 1.33 bits per heavy atom. The smallest absolute Gasteiger partial charge is 0.130 e. The summed E-state index contributed by atoms with van der Waals surface area (Å²) < 4.78 is 32.4. The van der Waals surface area contributed by atoms with Crippen LogP contribution >= 0.6 is 11.6 Å². The van der Waals surface area contributed by atoms with Crippen molar-refractivity contribution in [3.8, 4) is 0 Å². The second kappa shape index (κ2) is 5.14. The summed E-state index contributed by atoms with van der Waals surface area (Å²) in [5, 5.41) is -0.482. The maximum Gasteiger partial charge on any atom is 0.130 e. The topological polar surface area (TPSA) is 9.23 Å². The molecule has 0 radical (unpaired) electrons. The first-order valence-electron chi connectivity index (χ1n) is 6.12. The number of hydrogen-bond acceptors (Lipinski definition) is 1. The summed E-state index contributed by atoms with van der Waals surface area (Å²) in [6, 6.07) is 2.39. The van der Waals surface area contributed by atoms with Gasteiger partial charge in [-0.15, -0.1) is 11.6 Å². The third kappa shape index (κ3) is 2.52. The van der Waals surface area contributed by atoms with Crippen LogP contribution in [-0.4, -0.2) is 12.7 Å². The van der Waals surface area contributed by atoms with Crippen molar-refractivity contribution in [2.24, 2.45) is 0 Å². The third-order valence-corrected chi connectivity index (χ3v) is 4.25. The van der Waals surface area contributed by atoms with Crippen molar-refractivity contribution >= 4 is 11.6 Å². The first-order chi connectivity index (χ1) is 8.47. The Kier molecular flexibility index (Phi) is 3.93. The van der Waals surface area contributed by atoms with Gasteiger partial charge in [0.15, 0.2) is 0 Å². The van der Waals surface area contributed by atoms with E-state index in [1.54, 1.807) is 14.0 Å². The van der Waals surface area contributed by atoms with Gasteiger partial charge in [-0.2, -0.15) is 0 Å². The lowest BCUT2D eigenvalue weighted by molar-refractivity contribution is -0.0781. The van der Waals surface area contributed by atoms with Crippen LogP contribution in [0.3, 0.4) is 0 Å². The van der Waals surface area contributed by atoms with Gasteiger partial charge in [0.2, 0.25) is 0 Å². The molecule has 1 aromatic rings. The molecule has 1 aliphatic rings. The Morgan fingerprint density at radius 3 is 2.50 bits per heavy atom. The van der Waals surface area contributed by atoms with Crippen LogP contribution in [0.5, 0.6) is 0 Å². The number of methoxy groups -OCH3 is 1. The van der Waals surface area contributed by atoms with E-state index in [0.717, 1.165) is 25.3 Å². The summed E-state index contributed by atoms with van der Waals surface area (Å²) in [5.74, 6) is -1.12. The number of ether oxygens (including phenoxy) is 1. The number of aryl methyl sites for hydroxylation is 1. The Labute approximate surface area is 111 Å². The molecule has 1 saturated carbocycles. The van der Waals surface area contributed by atoms with Gasteiger partial charge in [0.1, 0.15) is 11.6 Å². The lowest BCUT2D eigenvalue weighted by Gasteiger charge is -2.41. The SMILES string of the molecule is COC1(CC(Cl)c2cc(C)c(F)cc2F)CCC1. The molecule has 0 saturated heterocycles. The van der Waals surface area contributed by atoms with E-state index in [-0.39, 0.29) is 5.60 Å². The fourth-order valence-electron chi connectivity index (χ4n) is 2.42. The van der Waals surface area contributed by atoms with E-state index in [0.29, 0.717) is 17.5 Å².